The molecule has 244 valence electrons. The topological polar surface area (TPSA) is 265 Å². The summed E-state index contributed by atoms with van der Waals surface area (Å²) < 4.78 is 97.3. The fourth-order valence-corrected chi connectivity index (χ4v) is 5.61. The molecule has 0 aliphatic carbocycles. The Kier molecular flexibility index (Phi) is 10.4. The van der Waals surface area contributed by atoms with E-state index in [9.17, 15) is 31.0 Å². The second-order valence-corrected chi connectivity index (χ2v) is 12.6. The molecule has 47 heavy (non-hydrogen) atoms. The molecule has 5 rings (SSSR count). The van der Waals surface area contributed by atoms with E-state index in [1.807, 2.05) is 0 Å². The van der Waals surface area contributed by atoms with Gasteiger partial charge in [-0.2, -0.15) is 27.1 Å². The average Bonchev–Trinajstić information content (AvgIpc) is 3.01. The molecule has 0 radical (unpaired) electrons. The number of nitrogens with zero attached hydrogens (tertiary/aromatic N) is 4. The lowest BCUT2D eigenvalue weighted by molar-refractivity contribution is 0.282. The van der Waals surface area contributed by atoms with Crippen molar-refractivity contribution in [1.82, 2.24) is 0 Å². The summed E-state index contributed by atoms with van der Waals surface area (Å²) in [5.41, 5.74) is 7.63. The van der Waals surface area contributed by atoms with Crippen LogP contribution in [0, 0.1) is 0 Å². The standard InChI is InChI=1S/C28H23N5O8S2.O3S/c1-41-27-14-26(17(15-34)11-23(27)29)33-32-25-10-9-24(20-8-7-19(13-22(20)25)42(35,36)37)31-30-18-6-5-16-3-2-4-28(21(16)12-18)43(38,39)40;1-4(2)3/h2-14,34H,15,29H2,1H3,(H,35,36,37)(H,38,39,40);. The van der Waals surface area contributed by atoms with E-state index in [0.717, 1.165) is 0 Å². The van der Waals surface area contributed by atoms with Gasteiger partial charge in [0.15, 0.2) is 0 Å². The van der Waals surface area contributed by atoms with Gasteiger partial charge in [0.1, 0.15) is 10.6 Å². The molecule has 5 N–H and O–H groups in total. The second kappa shape index (κ2) is 14.1. The summed E-state index contributed by atoms with van der Waals surface area (Å²) in [4.78, 5) is -0.661. The number of rotatable bonds is 8. The molecule has 0 aliphatic heterocycles. The highest BCUT2D eigenvalue weighted by molar-refractivity contribution is 7.86. The van der Waals surface area contributed by atoms with Crippen molar-refractivity contribution in [2.24, 2.45) is 20.5 Å². The van der Waals surface area contributed by atoms with Crippen LogP contribution >= 0.6 is 0 Å². The van der Waals surface area contributed by atoms with Gasteiger partial charge in [-0.05, 0) is 53.9 Å². The van der Waals surface area contributed by atoms with Crippen LogP contribution in [0.2, 0.25) is 0 Å². The third-order valence-corrected chi connectivity index (χ3v) is 8.24. The molecule has 0 bridgehead atoms. The maximum atomic E-state index is 11.9. The Morgan fingerprint density at radius 2 is 1.36 bits per heavy atom. The van der Waals surface area contributed by atoms with Crippen molar-refractivity contribution in [2.45, 2.75) is 16.4 Å². The smallest absolute Gasteiger partial charge is 0.425 e. The molecule has 0 atom stereocenters. The summed E-state index contributed by atoms with van der Waals surface area (Å²) in [6.07, 6.45) is 0. The average molecular weight is 702 g/mol. The second-order valence-electron chi connectivity index (χ2n) is 9.41. The lowest BCUT2D eigenvalue weighted by Gasteiger charge is -2.09. The van der Waals surface area contributed by atoms with Crippen LogP contribution in [0.25, 0.3) is 21.5 Å². The van der Waals surface area contributed by atoms with E-state index in [4.69, 9.17) is 23.1 Å². The molecule has 0 saturated carbocycles. The summed E-state index contributed by atoms with van der Waals surface area (Å²) in [5, 5.41) is 28.2. The van der Waals surface area contributed by atoms with Crippen molar-refractivity contribution in [3.05, 3.63) is 84.4 Å². The van der Waals surface area contributed by atoms with Crippen LogP contribution in [0.5, 0.6) is 5.75 Å². The van der Waals surface area contributed by atoms with Gasteiger partial charge in [-0.1, -0.05) is 24.3 Å². The molecular formula is C28H23N5O11S3. The van der Waals surface area contributed by atoms with Crippen LogP contribution in [0.3, 0.4) is 0 Å². The van der Waals surface area contributed by atoms with Gasteiger partial charge < -0.3 is 15.6 Å². The van der Waals surface area contributed by atoms with Crippen molar-refractivity contribution in [2.75, 3.05) is 12.8 Å². The van der Waals surface area contributed by atoms with E-state index in [2.05, 4.69) is 20.5 Å². The van der Waals surface area contributed by atoms with E-state index < -0.39 is 30.8 Å². The molecule has 0 amide bonds. The first-order valence-electron chi connectivity index (χ1n) is 12.8. The lowest BCUT2D eigenvalue weighted by Crippen LogP contribution is -1.98. The number of aliphatic hydroxyl groups excluding tert-OH is 1. The fourth-order valence-electron chi connectivity index (χ4n) is 4.40. The number of hydrogen-bond acceptors (Lipinski definition) is 14. The highest BCUT2D eigenvalue weighted by Crippen LogP contribution is 2.38. The Bertz CT molecular complexity index is 2410. The van der Waals surface area contributed by atoms with Gasteiger partial charge in [0, 0.05) is 27.8 Å². The first-order valence-corrected chi connectivity index (χ1v) is 16.7. The van der Waals surface area contributed by atoms with Gasteiger partial charge in [-0.25, -0.2) is 0 Å². The molecule has 0 aromatic heterocycles. The first-order chi connectivity index (χ1) is 22.1. The molecule has 5 aromatic rings. The summed E-state index contributed by atoms with van der Waals surface area (Å²) in [5.74, 6) is 0.317. The molecular weight excluding hydrogens is 679 g/mol. The monoisotopic (exact) mass is 701 g/mol. The SMILES string of the molecule is COc1cc(N=Nc2ccc(N=Nc3ccc4cccc(S(=O)(=O)O)c4c3)c3ccc(S(=O)(=O)O)cc23)c(CO)cc1N.O=S(=O)=O. The van der Waals surface area contributed by atoms with E-state index in [1.165, 1.54) is 61.7 Å². The van der Waals surface area contributed by atoms with Crippen molar-refractivity contribution in [3.63, 3.8) is 0 Å². The minimum Gasteiger partial charge on any atom is -0.495 e. The zero-order valence-electron chi connectivity index (χ0n) is 23.9. The molecule has 5 aromatic carbocycles. The Labute approximate surface area is 268 Å². The van der Waals surface area contributed by atoms with Gasteiger partial charge in [0.25, 0.3) is 20.2 Å². The van der Waals surface area contributed by atoms with Crippen LogP contribution in [-0.4, -0.2) is 50.8 Å². The predicted octanol–water partition coefficient (Wildman–Crippen LogP) is 5.40. The van der Waals surface area contributed by atoms with E-state index in [-0.39, 0.29) is 44.2 Å². The molecule has 0 spiro atoms. The Balaban J connectivity index is 0.00000118. The van der Waals surface area contributed by atoms with Crippen LogP contribution < -0.4 is 10.5 Å². The lowest BCUT2D eigenvalue weighted by atomic mass is 10.1. The number of hydrogen-bond donors (Lipinski definition) is 4. The number of fused-ring (bicyclic) bond motifs is 2. The van der Waals surface area contributed by atoms with Gasteiger partial charge in [-0.3, -0.25) is 9.11 Å². The Hall–Kier alpha value is -5.18. The van der Waals surface area contributed by atoms with Crippen LogP contribution in [0.4, 0.5) is 28.4 Å². The molecule has 0 heterocycles. The van der Waals surface area contributed by atoms with E-state index in [0.29, 0.717) is 33.5 Å². The van der Waals surface area contributed by atoms with Gasteiger partial charge >= 0.3 is 10.6 Å². The predicted molar refractivity (Wildman–Crippen MR) is 169 cm³/mol. The number of nitrogen functional groups attached to an aromatic ring is 1. The van der Waals surface area contributed by atoms with Gasteiger partial charge in [0.2, 0.25) is 0 Å². The maximum absolute atomic E-state index is 11.9. The third kappa shape index (κ3) is 8.35. The fraction of sp³-hybridized carbons (Fsp3) is 0.0714. The zero-order valence-corrected chi connectivity index (χ0v) is 26.4. The maximum Gasteiger partial charge on any atom is 0.425 e. The summed E-state index contributed by atoms with van der Waals surface area (Å²) >= 11 is 0. The van der Waals surface area contributed by atoms with Crippen LogP contribution in [0.1, 0.15) is 5.56 Å². The highest BCUT2D eigenvalue weighted by atomic mass is 32.2. The van der Waals surface area contributed by atoms with Crippen molar-refractivity contribution in [1.29, 1.82) is 0 Å². The largest absolute Gasteiger partial charge is 0.495 e. The van der Waals surface area contributed by atoms with E-state index in [1.54, 1.807) is 24.3 Å². The first kappa shape index (κ1) is 34.7. The number of ether oxygens (including phenoxy) is 1. The number of methoxy groups -OCH3 is 1. The summed E-state index contributed by atoms with van der Waals surface area (Å²) in [6, 6.07) is 19.1. The minimum atomic E-state index is -4.57. The number of benzene rings is 5. The minimum absolute atomic E-state index is 0.211. The molecule has 0 unspecified atom stereocenters. The molecule has 19 heteroatoms. The molecule has 0 fully saturated rings. The van der Waals surface area contributed by atoms with Crippen molar-refractivity contribution < 1.29 is 48.4 Å². The Morgan fingerprint density at radius 1 is 0.723 bits per heavy atom. The summed E-state index contributed by atoms with van der Waals surface area (Å²) in [7, 11) is -10.7. The van der Waals surface area contributed by atoms with E-state index >= 15 is 0 Å². The van der Waals surface area contributed by atoms with Crippen molar-refractivity contribution in [3.8, 4) is 5.75 Å². The number of azo groups is 2. The number of aliphatic hydroxyl groups is 1. The third-order valence-electron chi connectivity index (χ3n) is 6.48. The Morgan fingerprint density at radius 3 is 1.98 bits per heavy atom. The number of anilines is 1. The quantitative estimate of drug-likeness (QED) is 0.0900. The van der Waals surface area contributed by atoms with Crippen LogP contribution in [0.15, 0.2) is 109 Å². The van der Waals surface area contributed by atoms with Gasteiger partial charge in [-0.15, -0.1) is 22.9 Å². The molecule has 0 saturated heterocycles. The van der Waals surface area contributed by atoms with Crippen LogP contribution in [-0.2, 0) is 37.5 Å². The van der Waals surface area contributed by atoms with Gasteiger partial charge in [0.05, 0.1) is 47.0 Å². The van der Waals surface area contributed by atoms with Crippen molar-refractivity contribution >= 4 is 80.8 Å². The normalized spacial score (nSPS) is 12.0. The molecule has 16 nitrogen and oxygen atoms in total. The summed E-state index contributed by atoms with van der Waals surface area (Å²) in [6.45, 7) is -0.379. The zero-order chi connectivity index (χ0) is 34.5. The highest BCUT2D eigenvalue weighted by Gasteiger charge is 2.16. The number of nitrogens with two attached hydrogens (primary N) is 1. The molecule has 0 aliphatic rings.